The summed E-state index contributed by atoms with van der Waals surface area (Å²) < 4.78 is 4.80. The van der Waals surface area contributed by atoms with Crippen LogP contribution in [0.25, 0.3) is 21.5 Å². The number of benzene rings is 3. The van der Waals surface area contributed by atoms with E-state index in [2.05, 4.69) is 48.5 Å². The number of rotatable bonds is 0. The Balaban J connectivity index is 0.000000223. The van der Waals surface area contributed by atoms with Crippen molar-refractivity contribution in [1.29, 1.82) is 0 Å². The molecule has 0 saturated carbocycles. The Bertz CT molecular complexity index is 943. The Hall–Kier alpha value is -2.58. The van der Waals surface area contributed by atoms with Gasteiger partial charge in [0, 0.05) is 6.04 Å². The zero-order valence-corrected chi connectivity index (χ0v) is 14.3. The fourth-order valence-electron chi connectivity index (χ4n) is 3.72. The van der Waals surface area contributed by atoms with Crippen molar-refractivity contribution in [3.05, 3.63) is 84.1 Å². The Labute approximate surface area is 148 Å². The van der Waals surface area contributed by atoms with Crippen LogP contribution in [0.2, 0.25) is 0 Å². The van der Waals surface area contributed by atoms with Crippen LogP contribution in [0.1, 0.15) is 17.5 Å². The molecule has 2 nitrogen and oxygen atoms in total. The van der Waals surface area contributed by atoms with E-state index in [1.807, 2.05) is 18.2 Å². The number of hydrogen-bond donors (Lipinski definition) is 1. The van der Waals surface area contributed by atoms with E-state index in [4.69, 9.17) is 10.5 Å². The van der Waals surface area contributed by atoms with E-state index >= 15 is 0 Å². The van der Waals surface area contributed by atoms with Crippen molar-refractivity contribution in [1.82, 2.24) is 0 Å². The lowest BCUT2D eigenvalue weighted by atomic mass is 9.84. The molecule has 1 aliphatic carbocycles. The van der Waals surface area contributed by atoms with E-state index < -0.39 is 0 Å². The van der Waals surface area contributed by atoms with Gasteiger partial charge in [-0.25, -0.2) is 0 Å². The first-order valence-electron chi connectivity index (χ1n) is 8.94. The van der Waals surface area contributed by atoms with Crippen molar-refractivity contribution in [2.45, 2.75) is 25.3 Å². The second-order valence-corrected chi connectivity index (χ2v) is 6.68. The highest BCUT2D eigenvalue weighted by atomic mass is 16.5. The van der Waals surface area contributed by atoms with Crippen LogP contribution in [-0.2, 0) is 17.6 Å². The molecule has 1 aliphatic heterocycles. The van der Waals surface area contributed by atoms with Crippen molar-refractivity contribution in [3.8, 4) is 0 Å². The summed E-state index contributed by atoms with van der Waals surface area (Å²) in [6.07, 6.45) is 10.7. The first-order valence-corrected chi connectivity index (χ1v) is 8.94. The van der Waals surface area contributed by atoms with Crippen LogP contribution in [-0.4, -0.2) is 12.6 Å². The summed E-state index contributed by atoms with van der Waals surface area (Å²) in [6, 6.07) is 18.0. The third kappa shape index (κ3) is 3.31. The van der Waals surface area contributed by atoms with Crippen molar-refractivity contribution in [2.75, 3.05) is 6.61 Å². The van der Waals surface area contributed by atoms with Crippen molar-refractivity contribution >= 4 is 21.5 Å². The fourth-order valence-corrected chi connectivity index (χ4v) is 3.72. The molecule has 2 heteroatoms. The normalized spacial score (nSPS) is 18.4. The molecule has 0 spiro atoms. The average molecular weight is 329 g/mol. The highest BCUT2D eigenvalue weighted by molar-refractivity contribution is 6.08. The molecule has 0 radical (unpaired) electrons. The number of allylic oxidation sites excluding steroid dienone is 2. The molecule has 2 N–H and O–H groups in total. The Kier molecular flexibility index (Phi) is 4.53. The van der Waals surface area contributed by atoms with Gasteiger partial charge in [-0.1, -0.05) is 54.6 Å². The van der Waals surface area contributed by atoms with Gasteiger partial charge in [0.05, 0.1) is 6.26 Å². The van der Waals surface area contributed by atoms with Gasteiger partial charge in [0.1, 0.15) is 6.61 Å². The largest absolute Gasteiger partial charge is 0.497 e. The zero-order chi connectivity index (χ0) is 17.1. The monoisotopic (exact) mass is 329 g/mol. The molecule has 5 rings (SSSR count). The predicted molar refractivity (Wildman–Crippen MR) is 106 cm³/mol. The summed E-state index contributed by atoms with van der Waals surface area (Å²) >= 11 is 0. The summed E-state index contributed by atoms with van der Waals surface area (Å²) in [5, 5.41) is 5.43. The maximum atomic E-state index is 6.15. The van der Waals surface area contributed by atoms with Crippen molar-refractivity contribution in [2.24, 2.45) is 5.73 Å². The van der Waals surface area contributed by atoms with Crippen LogP contribution in [0.3, 0.4) is 0 Å². The van der Waals surface area contributed by atoms with Gasteiger partial charge in [-0.2, -0.15) is 0 Å². The smallest absolute Gasteiger partial charge is 0.106 e. The molecule has 1 atom stereocenters. The highest BCUT2D eigenvalue weighted by Crippen LogP contribution is 2.32. The second kappa shape index (κ2) is 7.12. The SMILES string of the molecule is C1=CCOC=C1.NC1CCc2ccc3c(ccc4ccccc43)c2C1. The lowest BCUT2D eigenvalue weighted by Crippen LogP contribution is -2.27. The molecule has 3 aromatic carbocycles. The molecular weight excluding hydrogens is 306 g/mol. The van der Waals surface area contributed by atoms with Gasteiger partial charge in [0.15, 0.2) is 0 Å². The van der Waals surface area contributed by atoms with Crippen LogP contribution in [0.4, 0.5) is 0 Å². The molecule has 0 aromatic heterocycles. The van der Waals surface area contributed by atoms with Gasteiger partial charge >= 0.3 is 0 Å². The van der Waals surface area contributed by atoms with Gasteiger partial charge in [-0.05, 0) is 64.1 Å². The van der Waals surface area contributed by atoms with Gasteiger partial charge in [-0.3, -0.25) is 0 Å². The highest BCUT2D eigenvalue weighted by Gasteiger charge is 2.18. The van der Waals surface area contributed by atoms with E-state index in [0.717, 1.165) is 25.9 Å². The molecule has 3 aromatic rings. The first kappa shape index (κ1) is 15.9. The standard InChI is InChI=1S/C18H17N.C5H6O/c19-14-8-5-13-7-9-16-15-4-2-1-3-12(15)6-10-17(16)18(13)11-14;1-2-4-6-5-3-1/h1-4,6-7,9-10,14H,5,8,11,19H2;1-4H,5H2. The molecule has 1 unspecified atom stereocenters. The fraction of sp³-hybridized carbons (Fsp3) is 0.217. The zero-order valence-electron chi connectivity index (χ0n) is 14.3. The van der Waals surface area contributed by atoms with Gasteiger partial charge in [0.2, 0.25) is 0 Å². The van der Waals surface area contributed by atoms with Gasteiger partial charge in [-0.15, -0.1) is 0 Å². The van der Waals surface area contributed by atoms with Crippen LogP contribution < -0.4 is 5.73 Å². The summed E-state index contributed by atoms with van der Waals surface area (Å²) in [5.74, 6) is 0. The van der Waals surface area contributed by atoms with Crippen molar-refractivity contribution < 1.29 is 4.74 Å². The molecule has 1 heterocycles. The van der Waals surface area contributed by atoms with Gasteiger partial charge in [0.25, 0.3) is 0 Å². The van der Waals surface area contributed by atoms with Crippen molar-refractivity contribution in [3.63, 3.8) is 0 Å². The van der Waals surface area contributed by atoms with E-state index in [9.17, 15) is 0 Å². The minimum Gasteiger partial charge on any atom is -0.497 e. The lowest BCUT2D eigenvalue weighted by Gasteiger charge is -2.23. The molecule has 25 heavy (non-hydrogen) atoms. The summed E-state index contributed by atoms with van der Waals surface area (Å²) in [7, 11) is 0. The number of fused-ring (bicyclic) bond motifs is 5. The predicted octanol–water partition coefficient (Wildman–Crippen LogP) is 4.90. The average Bonchev–Trinajstić information content (AvgIpc) is 2.69. The third-order valence-corrected chi connectivity index (χ3v) is 5.00. The molecule has 126 valence electrons. The Morgan fingerprint density at radius 1 is 0.880 bits per heavy atom. The molecular formula is C23H23NO. The van der Waals surface area contributed by atoms with E-state index in [1.165, 1.54) is 32.7 Å². The topological polar surface area (TPSA) is 35.2 Å². The molecule has 0 saturated heterocycles. The minimum atomic E-state index is 0.324. The van der Waals surface area contributed by atoms with Crippen LogP contribution in [0.15, 0.2) is 73.0 Å². The van der Waals surface area contributed by atoms with Crippen LogP contribution in [0.5, 0.6) is 0 Å². The molecule has 0 bridgehead atoms. The maximum absolute atomic E-state index is 6.15. The summed E-state index contributed by atoms with van der Waals surface area (Å²) in [4.78, 5) is 0. The molecule has 0 amide bonds. The maximum Gasteiger partial charge on any atom is 0.106 e. The molecule has 0 fully saturated rings. The van der Waals surface area contributed by atoms with E-state index in [1.54, 1.807) is 6.26 Å². The van der Waals surface area contributed by atoms with Gasteiger partial charge < -0.3 is 10.5 Å². The quantitative estimate of drug-likeness (QED) is 0.596. The number of ether oxygens (including phenoxy) is 1. The second-order valence-electron chi connectivity index (χ2n) is 6.68. The molecule has 2 aliphatic rings. The third-order valence-electron chi connectivity index (χ3n) is 5.00. The minimum absolute atomic E-state index is 0.324. The Morgan fingerprint density at radius 3 is 2.52 bits per heavy atom. The van der Waals surface area contributed by atoms with Crippen LogP contribution >= 0.6 is 0 Å². The number of nitrogens with two attached hydrogens (primary N) is 1. The Morgan fingerprint density at radius 2 is 1.76 bits per heavy atom. The van der Waals surface area contributed by atoms with E-state index in [-0.39, 0.29) is 0 Å². The number of hydrogen-bond acceptors (Lipinski definition) is 2. The van der Waals surface area contributed by atoms with E-state index in [0.29, 0.717) is 6.04 Å². The summed E-state index contributed by atoms with van der Waals surface area (Å²) in [5.41, 5.74) is 9.12. The lowest BCUT2D eigenvalue weighted by molar-refractivity contribution is 0.286. The first-order chi connectivity index (χ1) is 12.3. The van der Waals surface area contributed by atoms with Crippen LogP contribution in [0, 0.1) is 0 Å². The number of aryl methyl sites for hydroxylation is 1. The summed E-state index contributed by atoms with van der Waals surface area (Å²) in [6.45, 7) is 0.733.